The van der Waals surface area contributed by atoms with Crippen LogP contribution in [0, 0.1) is 0 Å². The van der Waals surface area contributed by atoms with Gasteiger partial charge in [0.1, 0.15) is 0 Å². The van der Waals surface area contributed by atoms with Gasteiger partial charge in [0.05, 0.1) is 17.6 Å². The van der Waals surface area contributed by atoms with Crippen molar-refractivity contribution in [1.29, 1.82) is 0 Å². The molecule has 8 heteroatoms. The van der Waals surface area contributed by atoms with E-state index in [1.54, 1.807) is 6.20 Å². The Hall–Kier alpha value is -1.77. The lowest BCUT2D eigenvalue weighted by molar-refractivity contribution is 0.593. The van der Waals surface area contributed by atoms with Gasteiger partial charge in [-0.1, -0.05) is 41.7 Å². The molecule has 6 nitrogen and oxygen atoms in total. The maximum absolute atomic E-state index is 11.9. The third-order valence-corrected chi connectivity index (χ3v) is 5.86. The van der Waals surface area contributed by atoms with E-state index >= 15 is 0 Å². The Bertz CT molecular complexity index is 805. The highest BCUT2D eigenvalue weighted by Crippen LogP contribution is 2.24. The number of rotatable bonds is 4. The average Bonchev–Trinajstić information content (AvgIpc) is 2.98. The lowest BCUT2D eigenvalue weighted by Gasteiger charge is -1.95. The predicted octanol–water partition coefficient (Wildman–Crippen LogP) is 1.19. The standard InChI is InChI=1S/C12H12N4O2S2/c13-6-7-20(17,18)12-15-16-8-10(14-11(16)19-12)9-4-2-1-3-5-9/h1-5,8H,6-7,13H2. The van der Waals surface area contributed by atoms with Crippen molar-refractivity contribution in [3.63, 3.8) is 0 Å². The van der Waals surface area contributed by atoms with Crippen molar-refractivity contribution in [3.8, 4) is 11.3 Å². The summed E-state index contributed by atoms with van der Waals surface area (Å²) in [5, 5.41) is 4.08. The number of hydrogen-bond donors (Lipinski definition) is 1. The molecular weight excluding hydrogens is 296 g/mol. The molecule has 0 radical (unpaired) electrons. The monoisotopic (exact) mass is 308 g/mol. The number of nitrogens with zero attached hydrogens (tertiary/aromatic N) is 3. The van der Waals surface area contributed by atoms with Crippen molar-refractivity contribution in [2.75, 3.05) is 12.3 Å². The van der Waals surface area contributed by atoms with E-state index in [1.807, 2.05) is 30.3 Å². The van der Waals surface area contributed by atoms with Gasteiger partial charge < -0.3 is 5.73 Å². The van der Waals surface area contributed by atoms with Crippen molar-refractivity contribution < 1.29 is 8.42 Å². The van der Waals surface area contributed by atoms with E-state index in [1.165, 1.54) is 4.52 Å². The van der Waals surface area contributed by atoms with E-state index in [0.717, 1.165) is 22.6 Å². The van der Waals surface area contributed by atoms with E-state index in [-0.39, 0.29) is 16.6 Å². The van der Waals surface area contributed by atoms with Crippen molar-refractivity contribution in [2.24, 2.45) is 5.73 Å². The zero-order chi connectivity index (χ0) is 14.2. The van der Waals surface area contributed by atoms with E-state index in [0.29, 0.717) is 4.96 Å². The first-order valence-corrected chi connectivity index (χ1v) is 8.41. The van der Waals surface area contributed by atoms with Crippen molar-refractivity contribution in [1.82, 2.24) is 14.6 Å². The number of hydrogen-bond acceptors (Lipinski definition) is 6. The highest BCUT2D eigenvalue weighted by molar-refractivity contribution is 7.93. The van der Waals surface area contributed by atoms with Crippen LogP contribution in [0.1, 0.15) is 0 Å². The molecule has 2 N–H and O–H groups in total. The summed E-state index contributed by atoms with van der Waals surface area (Å²) in [6, 6.07) is 9.66. The second-order valence-corrected chi connectivity index (χ2v) is 7.43. The normalized spacial score (nSPS) is 12.1. The van der Waals surface area contributed by atoms with Crippen LogP contribution in [-0.4, -0.2) is 35.3 Å². The van der Waals surface area contributed by atoms with Crippen LogP contribution in [0.2, 0.25) is 0 Å². The Balaban J connectivity index is 2.02. The van der Waals surface area contributed by atoms with Crippen LogP contribution in [0.4, 0.5) is 0 Å². The van der Waals surface area contributed by atoms with Crippen LogP contribution in [0.5, 0.6) is 0 Å². The minimum Gasteiger partial charge on any atom is -0.329 e. The van der Waals surface area contributed by atoms with Crippen LogP contribution in [0.3, 0.4) is 0 Å². The molecule has 0 amide bonds. The fourth-order valence-corrected chi connectivity index (χ4v) is 4.09. The van der Waals surface area contributed by atoms with Crippen molar-refractivity contribution >= 4 is 26.1 Å². The molecule has 0 unspecified atom stereocenters. The van der Waals surface area contributed by atoms with Crippen molar-refractivity contribution in [3.05, 3.63) is 36.5 Å². The molecule has 2 aromatic heterocycles. The SMILES string of the molecule is NCCS(=O)(=O)c1nn2cc(-c3ccccc3)nc2s1. The minimum absolute atomic E-state index is 0.0602. The van der Waals surface area contributed by atoms with E-state index in [4.69, 9.17) is 5.73 Å². The molecule has 104 valence electrons. The molecule has 0 aliphatic heterocycles. The first kappa shape index (κ1) is 13.2. The predicted molar refractivity (Wildman–Crippen MR) is 77.4 cm³/mol. The third kappa shape index (κ3) is 2.33. The van der Waals surface area contributed by atoms with Gasteiger partial charge in [0.15, 0.2) is 0 Å². The minimum atomic E-state index is -3.40. The Kier molecular flexibility index (Phi) is 3.28. The van der Waals surface area contributed by atoms with Crippen LogP contribution in [0.15, 0.2) is 40.9 Å². The topological polar surface area (TPSA) is 90.4 Å². The number of nitrogens with two attached hydrogens (primary N) is 1. The molecule has 20 heavy (non-hydrogen) atoms. The number of fused-ring (bicyclic) bond motifs is 1. The summed E-state index contributed by atoms with van der Waals surface area (Å²) in [4.78, 5) is 4.96. The van der Waals surface area contributed by atoms with Crippen LogP contribution in [0.25, 0.3) is 16.2 Å². The van der Waals surface area contributed by atoms with Gasteiger partial charge in [-0.25, -0.2) is 17.9 Å². The van der Waals surface area contributed by atoms with E-state index in [9.17, 15) is 8.42 Å². The molecule has 0 saturated carbocycles. The molecule has 3 rings (SSSR count). The summed E-state index contributed by atoms with van der Waals surface area (Å²) in [5.41, 5.74) is 7.04. The van der Waals surface area contributed by atoms with Gasteiger partial charge in [-0.2, -0.15) is 0 Å². The smallest absolute Gasteiger partial charge is 0.232 e. The number of aromatic nitrogens is 3. The highest BCUT2D eigenvalue weighted by atomic mass is 32.2. The fourth-order valence-electron chi connectivity index (χ4n) is 1.80. The first-order chi connectivity index (χ1) is 9.60. The molecule has 0 spiro atoms. The first-order valence-electron chi connectivity index (χ1n) is 5.94. The Morgan fingerprint density at radius 2 is 2.00 bits per heavy atom. The summed E-state index contributed by atoms with van der Waals surface area (Å²) < 4.78 is 25.3. The zero-order valence-corrected chi connectivity index (χ0v) is 12.1. The van der Waals surface area contributed by atoms with Crippen LogP contribution in [-0.2, 0) is 9.84 Å². The molecule has 0 bridgehead atoms. The van der Waals surface area contributed by atoms with Gasteiger partial charge in [-0.15, -0.1) is 5.10 Å². The Morgan fingerprint density at radius 1 is 1.25 bits per heavy atom. The number of imidazole rings is 1. The molecule has 0 fully saturated rings. The van der Waals surface area contributed by atoms with Crippen LogP contribution < -0.4 is 5.73 Å². The quantitative estimate of drug-likeness (QED) is 0.782. The molecular formula is C12H12N4O2S2. The largest absolute Gasteiger partial charge is 0.329 e. The number of sulfone groups is 1. The van der Waals surface area contributed by atoms with Crippen molar-refractivity contribution in [2.45, 2.75) is 4.34 Å². The Morgan fingerprint density at radius 3 is 2.65 bits per heavy atom. The molecule has 3 aromatic rings. The highest BCUT2D eigenvalue weighted by Gasteiger charge is 2.20. The number of benzene rings is 1. The Labute approximate surface area is 119 Å². The summed E-state index contributed by atoms with van der Waals surface area (Å²) in [7, 11) is -3.40. The molecule has 0 aliphatic carbocycles. The zero-order valence-electron chi connectivity index (χ0n) is 10.4. The second-order valence-electron chi connectivity index (χ2n) is 4.19. The fraction of sp³-hybridized carbons (Fsp3) is 0.167. The third-order valence-electron chi connectivity index (χ3n) is 2.75. The average molecular weight is 308 g/mol. The lowest BCUT2D eigenvalue weighted by atomic mass is 10.2. The van der Waals surface area contributed by atoms with Gasteiger partial charge in [-0.3, -0.25) is 0 Å². The summed E-state index contributed by atoms with van der Waals surface area (Å²) in [5.74, 6) is -0.102. The van der Waals surface area contributed by atoms with Gasteiger partial charge in [0.25, 0.3) is 0 Å². The maximum atomic E-state index is 11.9. The van der Waals surface area contributed by atoms with E-state index < -0.39 is 9.84 Å². The summed E-state index contributed by atoms with van der Waals surface area (Å²) in [6.07, 6.45) is 1.72. The lowest BCUT2D eigenvalue weighted by Crippen LogP contribution is -2.15. The maximum Gasteiger partial charge on any atom is 0.232 e. The molecule has 2 heterocycles. The van der Waals surface area contributed by atoms with Gasteiger partial charge in [0, 0.05) is 12.1 Å². The summed E-state index contributed by atoms with van der Waals surface area (Å²) in [6.45, 7) is 0.0828. The van der Waals surface area contributed by atoms with Gasteiger partial charge in [0.2, 0.25) is 19.1 Å². The summed E-state index contributed by atoms with van der Waals surface area (Å²) >= 11 is 1.06. The van der Waals surface area contributed by atoms with Gasteiger partial charge in [-0.05, 0) is 0 Å². The second kappa shape index (κ2) is 4.97. The molecule has 1 aromatic carbocycles. The van der Waals surface area contributed by atoms with Gasteiger partial charge >= 0.3 is 0 Å². The van der Waals surface area contributed by atoms with E-state index in [2.05, 4.69) is 10.1 Å². The molecule has 0 aliphatic rings. The molecule has 0 atom stereocenters. The molecule has 0 saturated heterocycles. The van der Waals surface area contributed by atoms with Crippen LogP contribution >= 0.6 is 11.3 Å².